The number of halogens is 2. The molecule has 0 bridgehead atoms. The fraction of sp³-hybridized carbons (Fsp3) is 0.455. The molecular formula is C22H30Cl2N2O. The summed E-state index contributed by atoms with van der Waals surface area (Å²) in [7, 11) is 0. The van der Waals surface area contributed by atoms with Crippen molar-refractivity contribution in [1.82, 2.24) is 0 Å². The average Bonchev–Trinajstić information content (AvgIpc) is 2.70. The lowest BCUT2D eigenvalue weighted by molar-refractivity contribution is 0.461. The van der Waals surface area contributed by atoms with Gasteiger partial charge in [0.05, 0.1) is 5.69 Å². The Hall–Kier alpha value is -1.58. The van der Waals surface area contributed by atoms with Crippen molar-refractivity contribution in [2.24, 2.45) is 0 Å². The smallest absolute Gasteiger partial charge is 0.139 e. The Labute approximate surface area is 175 Å². The first-order valence-electron chi connectivity index (χ1n) is 9.69. The number of rotatable bonds is 3. The number of phenols is 1. The van der Waals surface area contributed by atoms with Gasteiger partial charge in [-0.2, -0.15) is 0 Å². The van der Waals surface area contributed by atoms with E-state index in [1.54, 1.807) is 0 Å². The minimum absolute atomic E-state index is 0. The number of aromatic hydroxyl groups is 1. The van der Waals surface area contributed by atoms with E-state index >= 15 is 0 Å². The first-order chi connectivity index (χ1) is 12.3. The molecule has 0 aromatic heterocycles. The van der Waals surface area contributed by atoms with Crippen molar-refractivity contribution >= 4 is 36.2 Å². The van der Waals surface area contributed by atoms with Crippen LogP contribution in [0.5, 0.6) is 5.75 Å². The fourth-order valence-electron chi connectivity index (χ4n) is 4.29. The number of benzene rings is 2. The van der Waals surface area contributed by atoms with E-state index in [-0.39, 0.29) is 24.8 Å². The van der Waals surface area contributed by atoms with E-state index < -0.39 is 0 Å². The van der Waals surface area contributed by atoms with Gasteiger partial charge >= 0.3 is 0 Å². The van der Waals surface area contributed by atoms with Crippen molar-refractivity contribution in [3.63, 3.8) is 0 Å². The lowest BCUT2D eigenvalue weighted by Crippen LogP contribution is -2.33. The van der Waals surface area contributed by atoms with Gasteiger partial charge in [-0.3, -0.25) is 0 Å². The number of hydrogen-bond acceptors (Lipinski definition) is 3. The Bertz CT molecular complexity index is 697. The molecular weight excluding hydrogens is 379 g/mol. The molecule has 2 heterocycles. The molecule has 2 aromatic carbocycles. The molecule has 0 amide bonds. The highest BCUT2D eigenvalue weighted by atomic mass is 35.5. The second kappa shape index (κ2) is 10.1. The SMILES string of the molecule is Cl.Cl.Oc1ccc(N2CCCCC2)cc1N1CCC(c2ccccc2)CC1. The fourth-order valence-corrected chi connectivity index (χ4v) is 4.29. The largest absolute Gasteiger partial charge is 0.506 e. The van der Waals surface area contributed by atoms with Crippen molar-refractivity contribution in [3.8, 4) is 5.75 Å². The zero-order valence-corrected chi connectivity index (χ0v) is 17.4. The van der Waals surface area contributed by atoms with Crippen molar-refractivity contribution in [2.45, 2.75) is 38.0 Å². The molecule has 0 saturated carbocycles. The van der Waals surface area contributed by atoms with Crippen LogP contribution in [0.4, 0.5) is 11.4 Å². The van der Waals surface area contributed by atoms with Crippen molar-refractivity contribution in [2.75, 3.05) is 36.0 Å². The van der Waals surface area contributed by atoms with Gasteiger partial charge in [0.25, 0.3) is 0 Å². The van der Waals surface area contributed by atoms with Gasteiger partial charge in [0.15, 0.2) is 0 Å². The Morgan fingerprint density at radius 1 is 0.741 bits per heavy atom. The van der Waals surface area contributed by atoms with Crippen LogP contribution in [-0.2, 0) is 0 Å². The third-order valence-electron chi connectivity index (χ3n) is 5.79. The number of nitrogens with zero attached hydrogens (tertiary/aromatic N) is 2. The van der Waals surface area contributed by atoms with Gasteiger partial charge < -0.3 is 14.9 Å². The zero-order valence-electron chi connectivity index (χ0n) is 15.7. The summed E-state index contributed by atoms with van der Waals surface area (Å²) in [4.78, 5) is 4.82. The van der Waals surface area contributed by atoms with Gasteiger partial charge in [-0.15, -0.1) is 24.8 Å². The zero-order chi connectivity index (χ0) is 17.1. The lowest BCUT2D eigenvalue weighted by Gasteiger charge is -2.35. The van der Waals surface area contributed by atoms with Crippen molar-refractivity contribution < 1.29 is 5.11 Å². The van der Waals surface area contributed by atoms with Crippen LogP contribution in [0.2, 0.25) is 0 Å². The van der Waals surface area contributed by atoms with E-state index in [0.717, 1.165) is 44.7 Å². The summed E-state index contributed by atoms with van der Waals surface area (Å²) in [6, 6.07) is 17.0. The van der Waals surface area contributed by atoms with Crippen LogP contribution in [0.3, 0.4) is 0 Å². The molecule has 5 heteroatoms. The number of piperidine rings is 2. The van der Waals surface area contributed by atoms with Crippen molar-refractivity contribution in [3.05, 3.63) is 54.1 Å². The number of anilines is 2. The quantitative estimate of drug-likeness (QED) is 0.714. The third kappa shape index (κ3) is 5.03. The topological polar surface area (TPSA) is 26.7 Å². The molecule has 0 spiro atoms. The highest BCUT2D eigenvalue weighted by Gasteiger charge is 2.23. The predicted molar refractivity (Wildman–Crippen MR) is 119 cm³/mol. The van der Waals surface area contributed by atoms with Gasteiger partial charge in [-0.25, -0.2) is 0 Å². The molecule has 2 fully saturated rings. The molecule has 0 atom stereocenters. The van der Waals surface area contributed by atoms with Gasteiger partial charge in [0.2, 0.25) is 0 Å². The molecule has 2 aliphatic rings. The van der Waals surface area contributed by atoms with Crippen molar-refractivity contribution in [1.29, 1.82) is 0 Å². The van der Waals surface area contributed by atoms with Gasteiger partial charge in [0, 0.05) is 31.9 Å². The number of phenolic OH excluding ortho intramolecular Hbond substituents is 1. The van der Waals surface area contributed by atoms with Crippen LogP contribution in [0.15, 0.2) is 48.5 Å². The van der Waals surface area contributed by atoms with Crippen LogP contribution in [0, 0.1) is 0 Å². The molecule has 2 saturated heterocycles. The van der Waals surface area contributed by atoms with Crippen LogP contribution in [-0.4, -0.2) is 31.3 Å². The summed E-state index contributed by atoms with van der Waals surface area (Å²) in [5.41, 5.74) is 3.72. The van der Waals surface area contributed by atoms with Gasteiger partial charge in [-0.05, 0) is 61.8 Å². The molecule has 2 aliphatic heterocycles. The maximum atomic E-state index is 10.4. The predicted octanol–water partition coefficient (Wildman–Crippen LogP) is 5.61. The molecule has 3 nitrogen and oxygen atoms in total. The first kappa shape index (κ1) is 21.7. The van der Waals surface area contributed by atoms with Crippen LogP contribution < -0.4 is 9.80 Å². The van der Waals surface area contributed by atoms with E-state index in [9.17, 15) is 5.11 Å². The first-order valence-corrected chi connectivity index (χ1v) is 9.69. The Balaban J connectivity index is 0.00000131. The van der Waals surface area contributed by atoms with E-state index in [1.165, 1.54) is 30.5 Å². The Kier molecular flexibility index (Phi) is 8.12. The molecule has 27 heavy (non-hydrogen) atoms. The summed E-state index contributed by atoms with van der Waals surface area (Å²) in [6.07, 6.45) is 6.20. The minimum Gasteiger partial charge on any atom is -0.506 e. The van der Waals surface area contributed by atoms with E-state index in [0.29, 0.717) is 11.7 Å². The summed E-state index contributed by atoms with van der Waals surface area (Å²) < 4.78 is 0. The molecule has 2 aromatic rings. The van der Waals surface area contributed by atoms with Crippen LogP contribution in [0.1, 0.15) is 43.6 Å². The molecule has 1 N–H and O–H groups in total. The van der Waals surface area contributed by atoms with Crippen LogP contribution >= 0.6 is 24.8 Å². The number of hydrogen-bond donors (Lipinski definition) is 1. The summed E-state index contributed by atoms with van der Waals surface area (Å²) >= 11 is 0. The van der Waals surface area contributed by atoms with E-state index in [4.69, 9.17) is 0 Å². The Morgan fingerprint density at radius 3 is 2.07 bits per heavy atom. The maximum absolute atomic E-state index is 10.4. The third-order valence-corrected chi connectivity index (χ3v) is 5.79. The maximum Gasteiger partial charge on any atom is 0.139 e. The Morgan fingerprint density at radius 2 is 1.41 bits per heavy atom. The summed E-state index contributed by atoms with van der Waals surface area (Å²) in [6.45, 7) is 4.30. The highest BCUT2D eigenvalue weighted by Crippen LogP contribution is 2.37. The molecule has 0 aliphatic carbocycles. The second-order valence-corrected chi connectivity index (χ2v) is 7.39. The van der Waals surface area contributed by atoms with E-state index in [1.807, 2.05) is 6.07 Å². The molecule has 4 rings (SSSR count). The average molecular weight is 409 g/mol. The second-order valence-electron chi connectivity index (χ2n) is 7.39. The normalized spacial score (nSPS) is 17.8. The van der Waals surface area contributed by atoms with Gasteiger partial charge in [-0.1, -0.05) is 30.3 Å². The molecule has 0 unspecified atom stereocenters. The van der Waals surface area contributed by atoms with Gasteiger partial charge in [0.1, 0.15) is 5.75 Å². The monoisotopic (exact) mass is 408 g/mol. The van der Waals surface area contributed by atoms with E-state index in [2.05, 4.69) is 52.3 Å². The summed E-state index contributed by atoms with van der Waals surface area (Å²) in [5, 5.41) is 10.4. The lowest BCUT2D eigenvalue weighted by atomic mass is 9.89. The summed E-state index contributed by atoms with van der Waals surface area (Å²) in [5.74, 6) is 1.06. The molecule has 0 radical (unpaired) electrons. The molecule has 148 valence electrons. The van der Waals surface area contributed by atoms with Crippen LogP contribution in [0.25, 0.3) is 0 Å². The minimum atomic E-state index is 0. The standard InChI is InChI=1S/C22H28N2O.2ClH/c25-22-10-9-20(23-13-5-2-6-14-23)17-21(22)24-15-11-19(12-16-24)18-7-3-1-4-8-18;;/h1,3-4,7-10,17,19,25H,2,5-6,11-16H2;2*1H. The highest BCUT2D eigenvalue weighted by molar-refractivity contribution is 5.85.